The number of rotatable bonds is 3. The van der Waals surface area contributed by atoms with E-state index in [9.17, 15) is 9.90 Å². The predicted molar refractivity (Wildman–Crippen MR) is 87.9 cm³/mol. The highest BCUT2D eigenvalue weighted by Gasteiger charge is 2.31. The standard InChI is InChI=1S/C16H18N2O2S/c19-15(17-10-16(20)7-8-21-11-16)18-14-6-5-12-3-1-2-4-13(12)9-14/h1-6,9,20H,7-8,10-11H2,(H2,17,18,19). The van der Waals surface area contributed by atoms with E-state index in [2.05, 4.69) is 10.6 Å². The third-order valence-corrected chi connectivity index (χ3v) is 4.90. The van der Waals surface area contributed by atoms with Gasteiger partial charge in [-0.2, -0.15) is 11.8 Å². The number of fused-ring (bicyclic) bond motifs is 1. The summed E-state index contributed by atoms with van der Waals surface area (Å²) in [5.41, 5.74) is -0.00948. The highest BCUT2D eigenvalue weighted by molar-refractivity contribution is 7.99. The Morgan fingerprint density at radius 1 is 1.24 bits per heavy atom. The van der Waals surface area contributed by atoms with Crippen LogP contribution in [-0.4, -0.2) is 34.8 Å². The molecule has 1 fully saturated rings. The lowest BCUT2D eigenvalue weighted by atomic mass is 10.0. The zero-order valence-electron chi connectivity index (χ0n) is 11.6. The monoisotopic (exact) mass is 302 g/mol. The Kier molecular flexibility index (Phi) is 4.03. The van der Waals surface area contributed by atoms with Crippen molar-refractivity contribution in [2.75, 3.05) is 23.4 Å². The molecular formula is C16H18N2O2S. The van der Waals surface area contributed by atoms with E-state index in [0.717, 1.165) is 28.6 Å². The Balaban J connectivity index is 1.60. The Morgan fingerprint density at radius 2 is 2.05 bits per heavy atom. The van der Waals surface area contributed by atoms with Gasteiger partial charge >= 0.3 is 6.03 Å². The maximum Gasteiger partial charge on any atom is 0.319 e. The maximum absolute atomic E-state index is 11.9. The van der Waals surface area contributed by atoms with E-state index in [1.807, 2.05) is 42.5 Å². The minimum Gasteiger partial charge on any atom is -0.387 e. The van der Waals surface area contributed by atoms with Crippen LogP contribution in [0.15, 0.2) is 42.5 Å². The number of thioether (sulfide) groups is 1. The summed E-state index contributed by atoms with van der Waals surface area (Å²) in [5, 5.41) is 18.0. The molecule has 0 aromatic heterocycles. The average Bonchev–Trinajstić information content (AvgIpc) is 2.92. The maximum atomic E-state index is 11.9. The number of hydrogen-bond donors (Lipinski definition) is 3. The second-order valence-corrected chi connectivity index (χ2v) is 6.50. The van der Waals surface area contributed by atoms with Crippen molar-refractivity contribution >= 4 is 34.3 Å². The van der Waals surface area contributed by atoms with Gasteiger partial charge in [0.15, 0.2) is 0 Å². The number of anilines is 1. The van der Waals surface area contributed by atoms with Gasteiger partial charge in [-0.3, -0.25) is 0 Å². The van der Waals surface area contributed by atoms with Crippen LogP contribution in [0.1, 0.15) is 6.42 Å². The Labute approximate surface area is 127 Å². The SMILES string of the molecule is O=C(NCC1(O)CCSC1)Nc1ccc2ccccc2c1. The van der Waals surface area contributed by atoms with E-state index in [1.165, 1.54) is 0 Å². The molecule has 3 rings (SSSR count). The highest BCUT2D eigenvalue weighted by atomic mass is 32.2. The molecule has 2 aromatic carbocycles. The van der Waals surface area contributed by atoms with Crippen molar-refractivity contribution in [3.63, 3.8) is 0 Å². The van der Waals surface area contributed by atoms with Gasteiger partial charge in [-0.05, 0) is 35.1 Å². The Morgan fingerprint density at radius 3 is 2.81 bits per heavy atom. The second kappa shape index (κ2) is 5.95. The van der Waals surface area contributed by atoms with Crippen LogP contribution >= 0.6 is 11.8 Å². The molecule has 1 unspecified atom stereocenters. The highest BCUT2D eigenvalue weighted by Crippen LogP contribution is 2.27. The molecular weight excluding hydrogens is 284 g/mol. The van der Waals surface area contributed by atoms with E-state index in [-0.39, 0.29) is 6.03 Å². The van der Waals surface area contributed by atoms with Crippen LogP contribution in [0.3, 0.4) is 0 Å². The first-order valence-corrected chi connectivity index (χ1v) is 8.14. The van der Waals surface area contributed by atoms with Crippen LogP contribution in [0.4, 0.5) is 10.5 Å². The van der Waals surface area contributed by atoms with Crippen molar-refractivity contribution in [1.29, 1.82) is 0 Å². The number of carbonyl (C=O) groups excluding carboxylic acids is 1. The number of carbonyl (C=O) groups is 1. The van der Waals surface area contributed by atoms with Gasteiger partial charge in [0.2, 0.25) is 0 Å². The summed E-state index contributed by atoms with van der Waals surface area (Å²) in [6, 6.07) is 13.5. The van der Waals surface area contributed by atoms with E-state index in [0.29, 0.717) is 12.3 Å². The first-order chi connectivity index (χ1) is 10.1. The van der Waals surface area contributed by atoms with Gasteiger partial charge in [0.25, 0.3) is 0 Å². The fraction of sp³-hybridized carbons (Fsp3) is 0.312. The molecule has 4 nitrogen and oxygen atoms in total. The van der Waals surface area contributed by atoms with Crippen LogP contribution < -0.4 is 10.6 Å². The molecule has 110 valence electrons. The fourth-order valence-electron chi connectivity index (χ4n) is 2.42. The number of nitrogens with one attached hydrogen (secondary N) is 2. The number of amides is 2. The summed E-state index contributed by atoms with van der Waals surface area (Å²) in [6.45, 7) is 0.291. The molecule has 1 atom stereocenters. The normalized spacial score (nSPS) is 21.4. The summed E-state index contributed by atoms with van der Waals surface area (Å²) in [7, 11) is 0. The predicted octanol–water partition coefficient (Wildman–Crippen LogP) is 2.83. The van der Waals surface area contributed by atoms with Crippen LogP contribution in [0.2, 0.25) is 0 Å². The second-order valence-electron chi connectivity index (χ2n) is 5.40. The Hall–Kier alpha value is -1.72. The lowest BCUT2D eigenvalue weighted by Gasteiger charge is -2.21. The third-order valence-electron chi connectivity index (χ3n) is 3.67. The van der Waals surface area contributed by atoms with Crippen LogP contribution in [0, 0.1) is 0 Å². The molecule has 0 radical (unpaired) electrons. The van der Waals surface area contributed by atoms with E-state index in [1.54, 1.807) is 11.8 Å². The minimum atomic E-state index is -0.759. The van der Waals surface area contributed by atoms with Crippen LogP contribution in [-0.2, 0) is 0 Å². The molecule has 0 bridgehead atoms. The van der Waals surface area contributed by atoms with E-state index in [4.69, 9.17) is 0 Å². The molecule has 5 heteroatoms. The zero-order valence-corrected chi connectivity index (χ0v) is 12.5. The molecule has 1 heterocycles. The van der Waals surface area contributed by atoms with E-state index >= 15 is 0 Å². The molecule has 0 spiro atoms. The van der Waals surface area contributed by atoms with Gasteiger partial charge in [0, 0.05) is 18.0 Å². The first-order valence-electron chi connectivity index (χ1n) is 6.98. The Bertz CT molecular complexity index is 654. The van der Waals surface area contributed by atoms with Gasteiger partial charge in [-0.25, -0.2) is 4.79 Å². The molecule has 2 aromatic rings. The molecule has 0 aliphatic carbocycles. The third kappa shape index (κ3) is 3.49. The van der Waals surface area contributed by atoms with Gasteiger partial charge in [-0.15, -0.1) is 0 Å². The summed E-state index contributed by atoms with van der Waals surface area (Å²) >= 11 is 1.72. The van der Waals surface area contributed by atoms with E-state index < -0.39 is 5.60 Å². The number of hydrogen-bond acceptors (Lipinski definition) is 3. The van der Waals surface area contributed by atoms with Crippen LogP contribution in [0.5, 0.6) is 0 Å². The van der Waals surface area contributed by atoms with Crippen molar-refractivity contribution in [1.82, 2.24) is 5.32 Å². The summed E-state index contributed by atoms with van der Waals surface area (Å²) in [5.74, 6) is 1.63. The van der Waals surface area contributed by atoms with Gasteiger partial charge in [-0.1, -0.05) is 30.3 Å². The molecule has 0 saturated carbocycles. The topological polar surface area (TPSA) is 61.4 Å². The van der Waals surface area contributed by atoms with Crippen molar-refractivity contribution in [2.24, 2.45) is 0 Å². The first kappa shape index (κ1) is 14.2. The quantitative estimate of drug-likeness (QED) is 0.817. The minimum absolute atomic E-state index is 0.282. The largest absolute Gasteiger partial charge is 0.387 e. The molecule has 1 aliphatic rings. The number of aliphatic hydroxyl groups is 1. The van der Waals surface area contributed by atoms with Gasteiger partial charge in [0.05, 0.1) is 5.60 Å². The van der Waals surface area contributed by atoms with Gasteiger partial charge < -0.3 is 15.7 Å². The smallest absolute Gasteiger partial charge is 0.319 e. The molecule has 21 heavy (non-hydrogen) atoms. The summed E-state index contributed by atoms with van der Waals surface area (Å²) in [6.07, 6.45) is 0.730. The summed E-state index contributed by atoms with van der Waals surface area (Å²) < 4.78 is 0. The molecule has 1 aliphatic heterocycles. The van der Waals surface area contributed by atoms with Crippen molar-refractivity contribution in [3.05, 3.63) is 42.5 Å². The molecule has 1 saturated heterocycles. The zero-order chi connectivity index (χ0) is 14.7. The lowest BCUT2D eigenvalue weighted by molar-refractivity contribution is 0.0706. The van der Waals surface area contributed by atoms with Crippen molar-refractivity contribution < 1.29 is 9.90 Å². The fourth-order valence-corrected chi connectivity index (χ4v) is 3.72. The lowest BCUT2D eigenvalue weighted by Crippen LogP contribution is -2.44. The molecule has 3 N–H and O–H groups in total. The average molecular weight is 302 g/mol. The van der Waals surface area contributed by atoms with Crippen LogP contribution in [0.25, 0.3) is 10.8 Å². The van der Waals surface area contributed by atoms with Crippen molar-refractivity contribution in [2.45, 2.75) is 12.0 Å². The van der Waals surface area contributed by atoms with Gasteiger partial charge in [0.1, 0.15) is 0 Å². The van der Waals surface area contributed by atoms with Crippen molar-refractivity contribution in [3.8, 4) is 0 Å². The summed E-state index contributed by atoms with van der Waals surface area (Å²) in [4.78, 5) is 11.9. The number of urea groups is 1. The molecule has 2 amide bonds. The number of benzene rings is 2.